The molecule has 3 N–H and O–H groups in total. The van der Waals surface area contributed by atoms with Crippen molar-refractivity contribution in [3.05, 3.63) is 23.8 Å². The van der Waals surface area contributed by atoms with Gasteiger partial charge in [0, 0.05) is 19.2 Å². The van der Waals surface area contributed by atoms with Gasteiger partial charge in [-0.2, -0.15) is 0 Å². The number of ether oxygens (including phenoxy) is 1. The molecule has 7 nitrogen and oxygen atoms in total. The van der Waals surface area contributed by atoms with Crippen molar-refractivity contribution in [2.45, 2.75) is 50.6 Å². The fourth-order valence-corrected chi connectivity index (χ4v) is 3.80. The lowest BCUT2D eigenvalue weighted by Gasteiger charge is -2.20. The van der Waals surface area contributed by atoms with Gasteiger partial charge in [-0.15, -0.1) is 0 Å². The molecule has 0 bridgehead atoms. The van der Waals surface area contributed by atoms with Crippen LogP contribution in [0.4, 0.5) is 5.69 Å². The number of carboxylic acids is 1. The lowest BCUT2D eigenvalue weighted by molar-refractivity contribution is 0.0696. The molecule has 0 fully saturated rings. The number of nitrogens with one attached hydrogen (secondary N) is 2. The Kier molecular flexibility index (Phi) is 7.65. The van der Waals surface area contributed by atoms with Crippen molar-refractivity contribution < 1.29 is 23.1 Å². The molecule has 0 aliphatic heterocycles. The molecule has 0 unspecified atom stereocenters. The minimum Gasteiger partial charge on any atom is -0.478 e. The van der Waals surface area contributed by atoms with Gasteiger partial charge >= 0.3 is 5.97 Å². The molecule has 0 aliphatic rings. The fraction of sp³-hybridized carbons (Fsp3) is 0.562. The molecule has 1 aromatic rings. The molecule has 0 saturated heterocycles. The summed E-state index contributed by atoms with van der Waals surface area (Å²) in [4.78, 5) is 11.1. The van der Waals surface area contributed by atoms with Crippen LogP contribution in [0.2, 0.25) is 0 Å². The number of methoxy groups -OCH3 is 1. The number of carboxylic acid groups (broad SMARTS) is 1. The Hall–Kier alpha value is -1.64. The van der Waals surface area contributed by atoms with Crippen LogP contribution in [-0.4, -0.2) is 45.3 Å². The molecule has 136 valence electrons. The second-order valence-electron chi connectivity index (χ2n) is 5.83. The molecular formula is C16H26N2O5S. The maximum absolute atomic E-state index is 12.7. The summed E-state index contributed by atoms with van der Waals surface area (Å²) < 4.78 is 32.7. The normalized spacial score (nSPS) is 14.2. The lowest BCUT2D eigenvalue weighted by atomic mass is 10.1. The summed E-state index contributed by atoms with van der Waals surface area (Å²) in [5.74, 6) is -1.18. The average Bonchev–Trinajstić information content (AvgIpc) is 2.47. The molecule has 0 saturated carbocycles. The second kappa shape index (κ2) is 9.00. The highest BCUT2D eigenvalue weighted by atomic mass is 32.2. The summed E-state index contributed by atoms with van der Waals surface area (Å²) in [5.41, 5.74) is 0.307. The van der Waals surface area contributed by atoms with Crippen LogP contribution < -0.4 is 10.0 Å². The summed E-state index contributed by atoms with van der Waals surface area (Å²) >= 11 is 0. The Morgan fingerprint density at radius 1 is 1.29 bits per heavy atom. The van der Waals surface area contributed by atoms with Gasteiger partial charge in [0.15, 0.2) is 0 Å². The van der Waals surface area contributed by atoms with Gasteiger partial charge in [0.1, 0.15) is 4.90 Å². The number of rotatable bonds is 10. The van der Waals surface area contributed by atoms with Crippen molar-refractivity contribution in [1.82, 2.24) is 4.72 Å². The van der Waals surface area contributed by atoms with Crippen molar-refractivity contribution >= 4 is 21.7 Å². The summed E-state index contributed by atoms with van der Waals surface area (Å²) in [7, 11) is -2.40. The number of hydrogen-bond donors (Lipinski definition) is 3. The van der Waals surface area contributed by atoms with Crippen molar-refractivity contribution in [3.63, 3.8) is 0 Å². The van der Waals surface area contributed by atoms with Crippen LogP contribution in [0, 0.1) is 0 Å². The van der Waals surface area contributed by atoms with Crippen LogP contribution in [-0.2, 0) is 14.8 Å². The van der Waals surface area contributed by atoms with E-state index >= 15 is 0 Å². The Balaban J connectivity index is 3.24. The van der Waals surface area contributed by atoms with E-state index < -0.39 is 22.0 Å². The summed E-state index contributed by atoms with van der Waals surface area (Å²) in [6, 6.07) is 3.68. The Morgan fingerprint density at radius 3 is 2.50 bits per heavy atom. The highest BCUT2D eigenvalue weighted by molar-refractivity contribution is 7.89. The predicted octanol–water partition coefficient (Wildman–Crippen LogP) is 2.30. The van der Waals surface area contributed by atoms with E-state index in [9.17, 15) is 13.2 Å². The Morgan fingerprint density at radius 2 is 1.96 bits per heavy atom. The number of hydrogen-bond acceptors (Lipinski definition) is 5. The van der Waals surface area contributed by atoms with Gasteiger partial charge in [-0.3, -0.25) is 0 Å². The number of sulfonamides is 1. The third-order valence-electron chi connectivity index (χ3n) is 3.41. The zero-order valence-electron chi connectivity index (χ0n) is 14.5. The van der Waals surface area contributed by atoms with E-state index in [1.54, 1.807) is 6.92 Å². The molecule has 0 radical (unpaired) electrons. The van der Waals surface area contributed by atoms with E-state index in [1.807, 2.05) is 13.8 Å². The molecule has 24 heavy (non-hydrogen) atoms. The smallest absolute Gasteiger partial charge is 0.335 e. The molecule has 0 amide bonds. The van der Waals surface area contributed by atoms with E-state index in [-0.39, 0.29) is 23.1 Å². The van der Waals surface area contributed by atoms with Gasteiger partial charge < -0.3 is 15.2 Å². The second-order valence-corrected chi connectivity index (χ2v) is 7.51. The molecule has 1 rings (SSSR count). The van der Waals surface area contributed by atoms with Gasteiger partial charge in [-0.05, 0) is 38.5 Å². The first kappa shape index (κ1) is 20.4. The molecular weight excluding hydrogens is 332 g/mol. The van der Waals surface area contributed by atoms with Crippen LogP contribution in [0.3, 0.4) is 0 Å². The first-order chi connectivity index (χ1) is 11.2. The number of carbonyl (C=O) groups is 1. The maximum atomic E-state index is 12.7. The SMILES string of the molecule is CCC[C@@H](C)Nc1ccc(C(=O)O)cc1S(=O)(=O)N[C@@H](C)COC. The Bertz CT molecular complexity index is 660. The minimum atomic E-state index is -3.88. The largest absolute Gasteiger partial charge is 0.478 e. The van der Waals surface area contributed by atoms with E-state index in [2.05, 4.69) is 10.0 Å². The fourth-order valence-electron chi connectivity index (χ4n) is 2.38. The van der Waals surface area contributed by atoms with Gasteiger partial charge in [0.05, 0.1) is 17.9 Å². The van der Waals surface area contributed by atoms with Crippen LogP contribution in [0.1, 0.15) is 44.0 Å². The topological polar surface area (TPSA) is 105 Å². The van der Waals surface area contributed by atoms with Crippen molar-refractivity contribution in [2.75, 3.05) is 19.0 Å². The monoisotopic (exact) mass is 358 g/mol. The summed E-state index contributed by atoms with van der Waals surface area (Å²) in [6.45, 7) is 5.88. The van der Waals surface area contributed by atoms with Crippen LogP contribution in [0.25, 0.3) is 0 Å². The van der Waals surface area contributed by atoms with Gasteiger partial charge in [-0.1, -0.05) is 13.3 Å². The highest BCUT2D eigenvalue weighted by Gasteiger charge is 2.23. The molecule has 2 atom stereocenters. The number of benzene rings is 1. The third-order valence-corrected chi connectivity index (χ3v) is 5.04. The quantitative estimate of drug-likeness (QED) is 0.593. The number of anilines is 1. The standard InChI is InChI=1S/C16H26N2O5S/c1-5-6-11(2)17-14-8-7-13(16(19)20)9-15(14)24(21,22)18-12(3)10-23-4/h7-9,11-12,17-18H,5-6,10H2,1-4H3,(H,19,20)/t11-,12+/m1/s1. The zero-order chi connectivity index (χ0) is 18.3. The third kappa shape index (κ3) is 5.77. The first-order valence-corrected chi connectivity index (χ1v) is 9.34. The highest BCUT2D eigenvalue weighted by Crippen LogP contribution is 2.24. The van der Waals surface area contributed by atoms with Crippen molar-refractivity contribution in [2.24, 2.45) is 0 Å². The summed E-state index contributed by atoms with van der Waals surface area (Å²) in [5, 5.41) is 12.3. The molecule has 0 aliphatic carbocycles. The Labute approximate surface area is 143 Å². The predicted molar refractivity (Wildman–Crippen MR) is 93.1 cm³/mol. The maximum Gasteiger partial charge on any atom is 0.335 e. The van der Waals surface area contributed by atoms with Crippen molar-refractivity contribution in [1.29, 1.82) is 0 Å². The number of aromatic carboxylic acids is 1. The van der Waals surface area contributed by atoms with Crippen LogP contribution in [0.15, 0.2) is 23.1 Å². The first-order valence-electron chi connectivity index (χ1n) is 7.86. The molecule has 0 spiro atoms. The lowest BCUT2D eigenvalue weighted by Crippen LogP contribution is -2.36. The van der Waals surface area contributed by atoms with E-state index in [4.69, 9.17) is 9.84 Å². The van der Waals surface area contributed by atoms with Crippen LogP contribution in [0.5, 0.6) is 0 Å². The van der Waals surface area contributed by atoms with E-state index in [0.717, 1.165) is 12.8 Å². The van der Waals surface area contributed by atoms with E-state index in [1.165, 1.54) is 25.3 Å². The van der Waals surface area contributed by atoms with E-state index in [0.29, 0.717) is 5.69 Å². The van der Waals surface area contributed by atoms with Gasteiger partial charge in [0.25, 0.3) is 0 Å². The summed E-state index contributed by atoms with van der Waals surface area (Å²) in [6.07, 6.45) is 1.82. The zero-order valence-corrected chi connectivity index (χ0v) is 15.3. The van der Waals surface area contributed by atoms with Gasteiger partial charge in [0.2, 0.25) is 10.0 Å². The van der Waals surface area contributed by atoms with Gasteiger partial charge in [-0.25, -0.2) is 17.9 Å². The molecule has 1 aromatic carbocycles. The average molecular weight is 358 g/mol. The molecule has 0 heterocycles. The molecule has 8 heteroatoms. The van der Waals surface area contributed by atoms with Crippen molar-refractivity contribution in [3.8, 4) is 0 Å². The van der Waals surface area contributed by atoms with Crippen LogP contribution >= 0.6 is 0 Å². The molecule has 0 aromatic heterocycles. The minimum absolute atomic E-state index is 0.0658.